The molecule has 1 fully saturated rings. The standard InChI is InChI=1S/C11H16N2O4S/c1-7-4-8(2-3-9(7)12)18(16,17)13-5-10(14)11(15)6-13/h2-4,10-11,14-15H,5-6,12H2,1H3. The van der Waals surface area contributed by atoms with E-state index in [0.29, 0.717) is 11.3 Å². The maximum absolute atomic E-state index is 12.3. The molecule has 2 atom stereocenters. The molecule has 0 radical (unpaired) electrons. The first-order valence-corrected chi connectivity index (χ1v) is 6.99. The number of nitrogens with zero attached hydrogens (tertiary/aromatic N) is 1. The first kappa shape index (κ1) is 13.3. The van der Waals surface area contributed by atoms with Gasteiger partial charge in [0.25, 0.3) is 0 Å². The minimum absolute atomic E-state index is 0.0904. The molecule has 2 unspecified atom stereocenters. The van der Waals surface area contributed by atoms with Crippen LogP contribution in [0.1, 0.15) is 5.56 Å². The van der Waals surface area contributed by atoms with Crippen molar-refractivity contribution in [3.63, 3.8) is 0 Å². The average Bonchev–Trinajstić information content (AvgIpc) is 2.64. The Morgan fingerprint density at radius 1 is 1.28 bits per heavy atom. The Morgan fingerprint density at radius 3 is 2.33 bits per heavy atom. The van der Waals surface area contributed by atoms with E-state index in [1.54, 1.807) is 6.92 Å². The molecule has 1 aromatic carbocycles. The molecule has 18 heavy (non-hydrogen) atoms. The SMILES string of the molecule is Cc1cc(S(=O)(=O)N2CC(O)C(O)C2)ccc1N. The summed E-state index contributed by atoms with van der Waals surface area (Å²) >= 11 is 0. The number of β-amino-alcohol motifs (C(OH)–C–C–N with tert-alkyl or cyclic N) is 2. The molecule has 1 aliphatic rings. The highest BCUT2D eigenvalue weighted by atomic mass is 32.2. The molecule has 7 heteroatoms. The maximum atomic E-state index is 12.3. The van der Waals surface area contributed by atoms with Crippen LogP contribution in [0.25, 0.3) is 0 Å². The normalized spacial score (nSPS) is 25.5. The Labute approximate surface area is 106 Å². The number of sulfonamides is 1. The summed E-state index contributed by atoms with van der Waals surface area (Å²) in [5, 5.41) is 18.8. The predicted molar refractivity (Wildman–Crippen MR) is 66.4 cm³/mol. The first-order chi connectivity index (χ1) is 8.32. The summed E-state index contributed by atoms with van der Waals surface area (Å²) in [6.45, 7) is 1.54. The number of aliphatic hydroxyl groups excluding tert-OH is 2. The van der Waals surface area contributed by atoms with Crippen molar-refractivity contribution in [1.82, 2.24) is 4.31 Å². The third-order valence-electron chi connectivity index (χ3n) is 3.10. The van der Waals surface area contributed by atoms with Crippen molar-refractivity contribution in [2.45, 2.75) is 24.0 Å². The van der Waals surface area contributed by atoms with Gasteiger partial charge in [0.1, 0.15) is 0 Å². The van der Waals surface area contributed by atoms with Gasteiger partial charge in [-0.15, -0.1) is 0 Å². The van der Waals surface area contributed by atoms with E-state index in [-0.39, 0.29) is 18.0 Å². The highest BCUT2D eigenvalue weighted by Gasteiger charge is 2.37. The topological polar surface area (TPSA) is 104 Å². The molecule has 4 N–H and O–H groups in total. The van der Waals surface area contributed by atoms with E-state index >= 15 is 0 Å². The minimum Gasteiger partial charge on any atom is -0.399 e. The molecule has 0 saturated carbocycles. The zero-order valence-corrected chi connectivity index (χ0v) is 10.8. The minimum atomic E-state index is -3.69. The van der Waals surface area contributed by atoms with Gasteiger partial charge in [-0.1, -0.05) is 0 Å². The largest absolute Gasteiger partial charge is 0.399 e. The summed E-state index contributed by atoms with van der Waals surface area (Å²) in [6, 6.07) is 4.45. The number of aryl methyl sites for hydroxylation is 1. The lowest BCUT2D eigenvalue weighted by atomic mass is 10.2. The first-order valence-electron chi connectivity index (χ1n) is 5.55. The van der Waals surface area contributed by atoms with Gasteiger partial charge in [0.05, 0.1) is 17.1 Å². The highest BCUT2D eigenvalue weighted by molar-refractivity contribution is 7.89. The second-order valence-electron chi connectivity index (χ2n) is 4.48. The summed E-state index contributed by atoms with van der Waals surface area (Å²) in [5.41, 5.74) is 6.84. The van der Waals surface area contributed by atoms with Gasteiger partial charge >= 0.3 is 0 Å². The number of nitrogen functional groups attached to an aromatic ring is 1. The van der Waals surface area contributed by atoms with Crippen LogP contribution in [0, 0.1) is 6.92 Å². The van der Waals surface area contributed by atoms with E-state index in [2.05, 4.69) is 0 Å². The highest BCUT2D eigenvalue weighted by Crippen LogP contribution is 2.23. The summed E-state index contributed by atoms with van der Waals surface area (Å²) in [5.74, 6) is 0. The Kier molecular flexibility index (Phi) is 3.33. The molecule has 0 spiro atoms. The molecule has 1 saturated heterocycles. The van der Waals surface area contributed by atoms with Crippen LogP contribution >= 0.6 is 0 Å². The summed E-state index contributed by atoms with van der Waals surface area (Å²) in [7, 11) is -3.69. The van der Waals surface area contributed by atoms with Crippen LogP contribution < -0.4 is 5.73 Å². The Morgan fingerprint density at radius 2 is 1.83 bits per heavy atom. The molecule has 0 aliphatic carbocycles. The van der Waals surface area contributed by atoms with E-state index in [9.17, 15) is 18.6 Å². The van der Waals surface area contributed by atoms with Gasteiger partial charge in [0, 0.05) is 18.8 Å². The number of anilines is 1. The van der Waals surface area contributed by atoms with Gasteiger partial charge in [0.15, 0.2) is 0 Å². The van der Waals surface area contributed by atoms with Gasteiger partial charge in [-0.25, -0.2) is 8.42 Å². The Bertz CT molecular complexity index is 548. The monoisotopic (exact) mass is 272 g/mol. The predicted octanol–water partition coefficient (Wildman–Crippen LogP) is -0.697. The van der Waals surface area contributed by atoms with Crippen molar-refractivity contribution in [2.24, 2.45) is 0 Å². The van der Waals surface area contributed by atoms with Crippen LogP contribution in [0.4, 0.5) is 5.69 Å². The van der Waals surface area contributed by atoms with Crippen molar-refractivity contribution in [3.05, 3.63) is 23.8 Å². The van der Waals surface area contributed by atoms with Crippen molar-refractivity contribution < 1.29 is 18.6 Å². The number of aliphatic hydroxyl groups is 2. The molecule has 6 nitrogen and oxygen atoms in total. The zero-order chi connectivity index (χ0) is 13.5. The van der Waals surface area contributed by atoms with Crippen LogP contribution in [-0.2, 0) is 10.0 Å². The number of nitrogens with two attached hydrogens (primary N) is 1. The van der Waals surface area contributed by atoms with E-state index < -0.39 is 22.2 Å². The van der Waals surface area contributed by atoms with E-state index in [1.807, 2.05) is 0 Å². The van der Waals surface area contributed by atoms with Crippen molar-refractivity contribution in [1.29, 1.82) is 0 Å². The smallest absolute Gasteiger partial charge is 0.243 e. The number of benzene rings is 1. The van der Waals surface area contributed by atoms with Gasteiger partial charge in [-0.3, -0.25) is 0 Å². The number of rotatable bonds is 2. The molecular formula is C11H16N2O4S. The third kappa shape index (κ3) is 2.22. The Hall–Kier alpha value is -1.15. The quantitative estimate of drug-likeness (QED) is 0.618. The van der Waals surface area contributed by atoms with Crippen molar-refractivity contribution in [3.8, 4) is 0 Å². The molecule has 100 valence electrons. The molecule has 2 rings (SSSR count). The molecule has 0 amide bonds. The number of hydrogen-bond donors (Lipinski definition) is 3. The average molecular weight is 272 g/mol. The van der Waals surface area contributed by atoms with Gasteiger partial charge < -0.3 is 15.9 Å². The molecule has 1 heterocycles. The van der Waals surface area contributed by atoms with E-state index in [0.717, 1.165) is 4.31 Å². The fraction of sp³-hybridized carbons (Fsp3) is 0.455. The van der Waals surface area contributed by atoms with Crippen LogP contribution in [0.15, 0.2) is 23.1 Å². The number of hydrogen-bond acceptors (Lipinski definition) is 5. The molecule has 1 aromatic rings. The van der Waals surface area contributed by atoms with Gasteiger partial charge in [-0.05, 0) is 30.7 Å². The molecule has 0 aromatic heterocycles. The third-order valence-corrected chi connectivity index (χ3v) is 4.93. The lowest BCUT2D eigenvalue weighted by Gasteiger charge is -2.16. The van der Waals surface area contributed by atoms with Crippen LogP contribution in [-0.4, -0.2) is 48.2 Å². The van der Waals surface area contributed by atoms with Gasteiger partial charge in [0.2, 0.25) is 10.0 Å². The molecule has 0 bridgehead atoms. The van der Waals surface area contributed by atoms with Gasteiger partial charge in [-0.2, -0.15) is 4.31 Å². The second kappa shape index (κ2) is 4.51. The van der Waals surface area contributed by atoms with Crippen molar-refractivity contribution in [2.75, 3.05) is 18.8 Å². The summed E-state index contributed by atoms with van der Waals surface area (Å²) in [6.07, 6.45) is -2.07. The summed E-state index contributed by atoms with van der Waals surface area (Å²) < 4.78 is 25.6. The fourth-order valence-corrected chi connectivity index (χ4v) is 3.45. The van der Waals surface area contributed by atoms with Crippen LogP contribution in [0.5, 0.6) is 0 Å². The second-order valence-corrected chi connectivity index (χ2v) is 6.41. The van der Waals surface area contributed by atoms with E-state index in [4.69, 9.17) is 5.73 Å². The molecular weight excluding hydrogens is 256 g/mol. The van der Waals surface area contributed by atoms with Crippen LogP contribution in [0.3, 0.4) is 0 Å². The van der Waals surface area contributed by atoms with E-state index in [1.165, 1.54) is 18.2 Å². The van der Waals surface area contributed by atoms with Crippen LogP contribution in [0.2, 0.25) is 0 Å². The fourth-order valence-electron chi connectivity index (χ4n) is 1.89. The lowest BCUT2D eigenvalue weighted by Crippen LogP contribution is -2.30. The van der Waals surface area contributed by atoms with Crippen molar-refractivity contribution >= 4 is 15.7 Å². The lowest BCUT2D eigenvalue weighted by molar-refractivity contribution is 0.0572. The Balaban J connectivity index is 2.34. The molecule has 1 aliphatic heterocycles. The summed E-state index contributed by atoms with van der Waals surface area (Å²) in [4.78, 5) is 0.121. The maximum Gasteiger partial charge on any atom is 0.243 e. The zero-order valence-electron chi connectivity index (χ0n) is 9.94.